The predicted molar refractivity (Wildman–Crippen MR) is 103 cm³/mol. The normalized spacial score (nSPS) is 28.7. The Morgan fingerprint density at radius 1 is 1.37 bits per heavy atom. The maximum atomic E-state index is 14.2. The van der Waals surface area contributed by atoms with Crippen LogP contribution in [0.3, 0.4) is 0 Å². The highest BCUT2D eigenvalue weighted by atomic mass is 19.1. The molecule has 8 heteroatoms. The van der Waals surface area contributed by atoms with E-state index in [0.717, 1.165) is 18.4 Å². The lowest BCUT2D eigenvalue weighted by Gasteiger charge is -2.69. The van der Waals surface area contributed by atoms with Crippen molar-refractivity contribution in [3.63, 3.8) is 0 Å². The Morgan fingerprint density at radius 2 is 2.13 bits per heavy atom. The number of benzene rings is 1. The van der Waals surface area contributed by atoms with Gasteiger partial charge >= 0.3 is 0 Å². The van der Waals surface area contributed by atoms with E-state index in [4.69, 9.17) is 9.84 Å². The smallest absolute Gasteiger partial charge is 0.249 e. The number of hydrogen-bond donors (Lipinski definition) is 2. The van der Waals surface area contributed by atoms with E-state index in [-0.39, 0.29) is 30.3 Å². The number of nitrogens with zero attached hydrogens (tertiary/aromatic N) is 2. The number of carbonyl (C=O) groups is 1. The Hall–Kier alpha value is -2.45. The molecule has 1 aromatic heterocycles. The van der Waals surface area contributed by atoms with Gasteiger partial charge in [0, 0.05) is 6.54 Å². The molecule has 2 saturated carbocycles. The Bertz CT molecular complexity index is 997. The van der Waals surface area contributed by atoms with Gasteiger partial charge in [-0.2, -0.15) is 5.10 Å². The highest BCUT2D eigenvalue weighted by Crippen LogP contribution is 2.74. The second-order valence-electron chi connectivity index (χ2n) is 8.37. The van der Waals surface area contributed by atoms with E-state index in [2.05, 4.69) is 15.5 Å². The lowest BCUT2D eigenvalue weighted by atomic mass is 9.39. The van der Waals surface area contributed by atoms with Crippen LogP contribution in [0.15, 0.2) is 24.3 Å². The molecular weight excluding hydrogens is 392 g/mol. The summed E-state index contributed by atoms with van der Waals surface area (Å²) in [5.74, 6) is -0.574. The van der Waals surface area contributed by atoms with E-state index >= 15 is 0 Å². The molecule has 0 radical (unpaired) electrons. The second-order valence-corrected chi connectivity index (χ2v) is 8.37. The van der Waals surface area contributed by atoms with Crippen molar-refractivity contribution < 1.29 is 23.4 Å². The first-order valence-electron chi connectivity index (χ1n) is 10.4. The van der Waals surface area contributed by atoms with Crippen LogP contribution in [0.2, 0.25) is 0 Å². The van der Waals surface area contributed by atoms with Crippen molar-refractivity contribution in [3.8, 4) is 11.3 Å². The predicted octanol–water partition coefficient (Wildman–Crippen LogP) is 2.66. The van der Waals surface area contributed by atoms with Crippen LogP contribution >= 0.6 is 0 Å². The molecule has 4 bridgehead atoms. The zero-order valence-corrected chi connectivity index (χ0v) is 16.6. The quantitative estimate of drug-likeness (QED) is 0.726. The number of nitrogens with one attached hydrogen (secondary N) is 1. The fraction of sp³-hybridized carbons (Fsp3) is 0.500. The van der Waals surface area contributed by atoms with Crippen LogP contribution < -0.4 is 5.32 Å². The van der Waals surface area contributed by atoms with Crippen LogP contribution in [0.25, 0.3) is 11.3 Å². The third-order valence-corrected chi connectivity index (χ3v) is 6.95. The minimum absolute atomic E-state index is 0.136. The van der Waals surface area contributed by atoms with E-state index in [0.29, 0.717) is 29.9 Å². The molecule has 158 valence electrons. The summed E-state index contributed by atoms with van der Waals surface area (Å²) in [6.45, 7) is 1.91. The molecule has 30 heavy (non-hydrogen) atoms. The summed E-state index contributed by atoms with van der Waals surface area (Å²) >= 11 is 0. The van der Waals surface area contributed by atoms with Gasteiger partial charge in [0.2, 0.25) is 5.91 Å². The van der Waals surface area contributed by atoms with Crippen LogP contribution in [0.4, 0.5) is 8.78 Å². The van der Waals surface area contributed by atoms with E-state index in [9.17, 15) is 13.6 Å². The number of aromatic nitrogens is 2. The number of amides is 1. The zero-order valence-electron chi connectivity index (χ0n) is 16.6. The molecule has 1 aromatic carbocycles. The summed E-state index contributed by atoms with van der Waals surface area (Å²) in [4.78, 5) is 12.4. The van der Waals surface area contributed by atoms with E-state index in [1.54, 1.807) is 6.07 Å². The van der Waals surface area contributed by atoms with Gasteiger partial charge < -0.3 is 15.2 Å². The van der Waals surface area contributed by atoms with Crippen molar-refractivity contribution in [3.05, 3.63) is 47.2 Å². The average molecular weight is 415 g/mol. The largest absolute Gasteiger partial charge is 0.395 e. The highest BCUT2D eigenvalue weighted by Gasteiger charge is 2.71. The van der Waals surface area contributed by atoms with Crippen LogP contribution in [0.5, 0.6) is 0 Å². The summed E-state index contributed by atoms with van der Waals surface area (Å²) < 4.78 is 34.9. The third-order valence-electron chi connectivity index (χ3n) is 6.95. The van der Waals surface area contributed by atoms with Crippen LogP contribution in [-0.4, -0.2) is 40.5 Å². The molecule has 1 amide bonds. The first-order valence-corrected chi connectivity index (χ1v) is 10.4. The van der Waals surface area contributed by atoms with Crippen LogP contribution in [0.1, 0.15) is 43.4 Å². The molecule has 0 spiro atoms. The molecule has 1 heterocycles. The van der Waals surface area contributed by atoms with Crippen molar-refractivity contribution >= 4 is 5.91 Å². The van der Waals surface area contributed by atoms with Crippen molar-refractivity contribution in [1.82, 2.24) is 15.5 Å². The molecule has 2 N–H and O–H groups in total. The molecule has 5 atom stereocenters. The van der Waals surface area contributed by atoms with Gasteiger partial charge in [-0.25, -0.2) is 8.78 Å². The SMILES string of the molecule is CC[C@H](O[C@@]12CC3C1C[C@@H]3c1cc(-c3c(F)cccc3F)nnc12)C(=O)NCCO. The van der Waals surface area contributed by atoms with Crippen molar-refractivity contribution in [2.75, 3.05) is 13.2 Å². The summed E-state index contributed by atoms with van der Waals surface area (Å²) in [5.41, 5.74) is 0.947. The van der Waals surface area contributed by atoms with Gasteiger partial charge in [-0.1, -0.05) is 13.0 Å². The van der Waals surface area contributed by atoms with Crippen molar-refractivity contribution in [1.29, 1.82) is 0 Å². The van der Waals surface area contributed by atoms with Gasteiger partial charge in [-0.15, -0.1) is 5.10 Å². The molecule has 0 aliphatic heterocycles. The molecule has 2 unspecified atom stereocenters. The molecule has 2 fully saturated rings. The number of aliphatic hydroxyl groups excluding tert-OH is 1. The average Bonchev–Trinajstić information content (AvgIpc) is 2.73. The Balaban J connectivity index is 1.49. The van der Waals surface area contributed by atoms with Crippen molar-refractivity contribution in [2.24, 2.45) is 11.8 Å². The summed E-state index contributed by atoms with van der Waals surface area (Å²) in [7, 11) is 0. The number of ether oxygens (including phenoxy) is 1. The topological polar surface area (TPSA) is 84.3 Å². The number of rotatable bonds is 7. The van der Waals surface area contributed by atoms with Gasteiger partial charge in [0.05, 0.1) is 23.6 Å². The first-order chi connectivity index (χ1) is 14.5. The minimum atomic E-state index is -0.675. The molecule has 5 rings (SSSR count). The fourth-order valence-corrected chi connectivity index (χ4v) is 5.44. The minimum Gasteiger partial charge on any atom is -0.395 e. The monoisotopic (exact) mass is 415 g/mol. The van der Waals surface area contributed by atoms with E-state index in [1.807, 2.05) is 6.92 Å². The van der Waals surface area contributed by atoms with Crippen LogP contribution in [0, 0.1) is 23.5 Å². The Labute approximate surface area is 172 Å². The second kappa shape index (κ2) is 7.06. The summed E-state index contributed by atoms with van der Waals surface area (Å²) in [5, 5.41) is 20.2. The van der Waals surface area contributed by atoms with E-state index < -0.39 is 23.3 Å². The van der Waals surface area contributed by atoms with Crippen molar-refractivity contribution in [2.45, 2.75) is 43.8 Å². The van der Waals surface area contributed by atoms with Crippen LogP contribution in [-0.2, 0) is 15.1 Å². The zero-order chi connectivity index (χ0) is 21.0. The molecule has 0 saturated heterocycles. The lowest BCUT2D eigenvalue weighted by Crippen LogP contribution is -2.67. The molecule has 3 aliphatic carbocycles. The maximum absolute atomic E-state index is 14.2. The highest BCUT2D eigenvalue weighted by molar-refractivity contribution is 5.80. The third kappa shape index (κ3) is 2.63. The van der Waals surface area contributed by atoms with E-state index in [1.165, 1.54) is 18.2 Å². The molecular formula is C22H23F2N3O3. The first kappa shape index (κ1) is 19.5. The van der Waals surface area contributed by atoms with Gasteiger partial charge in [-0.3, -0.25) is 4.79 Å². The van der Waals surface area contributed by atoms with Gasteiger partial charge in [0.25, 0.3) is 0 Å². The number of halogens is 2. The number of aliphatic hydroxyl groups is 1. The summed E-state index contributed by atoms with van der Waals surface area (Å²) in [6, 6.07) is 5.47. The fourth-order valence-electron chi connectivity index (χ4n) is 5.44. The maximum Gasteiger partial charge on any atom is 0.249 e. The molecule has 2 aromatic rings. The van der Waals surface area contributed by atoms with Gasteiger partial charge in [0.1, 0.15) is 23.3 Å². The number of fused-ring (bicyclic) bond motifs is 3. The lowest BCUT2D eigenvalue weighted by molar-refractivity contribution is -0.270. The Morgan fingerprint density at radius 3 is 2.77 bits per heavy atom. The number of hydrogen-bond acceptors (Lipinski definition) is 5. The van der Waals surface area contributed by atoms with Gasteiger partial charge in [0.15, 0.2) is 0 Å². The summed E-state index contributed by atoms with van der Waals surface area (Å²) in [6.07, 6.45) is 1.52. The van der Waals surface area contributed by atoms with Gasteiger partial charge in [-0.05, 0) is 60.8 Å². The standard InChI is InChI=1S/C22H23F2N3O3/c1-2-18(21(29)25-6-7-28)30-22-10-13-11(8-14(13)22)12-9-17(26-27-20(12)22)19-15(23)4-3-5-16(19)24/h3-5,9,11,13-14,18,28H,2,6-8,10H2,1H3,(H,25,29)/t11-,13?,14?,18+,22+/m1/s1. The molecule has 6 nitrogen and oxygen atoms in total. The molecule has 3 aliphatic rings. The Kier molecular flexibility index (Phi) is 4.59. The number of carbonyl (C=O) groups excluding carboxylic acids is 1.